The Morgan fingerprint density at radius 1 is 1.20 bits per heavy atom. The summed E-state index contributed by atoms with van der Waals surface area (Å²) in [5.41, 5.74) is 1.39. The summed E-state index contributed by atoms with van der Waals surface area (Å²) in [5.74, 6) is 0. The Morgan fingerprint density at radius 3 is 2.72 bits per heavy atom. The Labute approximate surface area is 152 Å². The van der Waals surface area contributed by atoms with Gasteiger partial charge in [0, 0.05) is 50.7 Å². The Bertz CT molecular complexity index is 578. The third kappa shape index (κ3) is 4.33. The second kappa shape index (κ2) is 7.75. The molecular weight excluding hydrogens is 312 g/mol. The van der Waals surface area contributed by atoms with Crippen molar-refractivity contribution in [1.29, 1.82) is 0 Å². The fraction of sp³-hybridized carbons (Fsp3) is 0.650. The molecule has 5 nitrogen and oxygen atoms in total. The molecule has 25 heavy (non-hydrogen) atoms. The molecule has 2 unspecified atom stereocenters. The minimum Gasteiger partial charge on any atom is -0.336 e. The molecule has 2 amide bonds. The van der Waals surface area contributed by atoms with Gasteiger partial charge in [-0.15, -0.1) is 0 Å². The Morgan fingerprint density at radius 2 is 1.96 bits per heavy atom. The number of urea groups is 1. The smallest absolute Gasteiger partial charge is 0.317 e. The molecule has 2 heterocycles. The van der Waals surface area contributed by atoms with E-state index >= 15 is 0 Å². The SMILES string of the molecule is CN1CCN(C)C(CNC(=O)N2CCCC(C)(c3ccccc3)C2)C1. The second-order valence-corrected chi connectivity index (χ2v) is 8.03. The number of nitrogens with one attached hydrogen (secondary N) is 1. The first kappa shape index (κ1) is 18.2. The molecule has 138 valence electrons. The number of likely N-dealkylation sites (N-methyl/N-ethyl adjacent to an activating group) is 2. The van der Waals surface area contributed by atoms with Crippen LogP contribution in [0.15, 0.2) is 30.3 Å². The lowest BCUT2D eigenvalue weighted by atomic mass is 9.76. The summed E-state index contributed by atoms with van der Waals surface area (Å²) >= 11 is 0. The van der Waals surface area contributed by atoms with Gasteiger partial charge in [-0.1, -0.05) is 37.3 Å². The summed E-state index contributed by atoms with van der Waals surface area (Å²) in [4.78, 5) is 19.4. The van der Waals surface area contributed by atoms with Crippen LogP contribution in [0.2, 0.25) is 0 Å². The predicted molar refractivity (Wildman–Crippen MR) is 102 cm³/mol. The summed E-state index contributed by atoms with van der Waals surface area (Å²) in [6, 6.07) is 11.1. The van der Waals surface area contributed by atoms with Crippen molar-refractivity contribution in [2.24, 2.45) is 0 Å². The van der Waals surface area contributed by atoms with E-state index in [-0.39, 0.29) is 11.4 Å². The molecule has 2 aliphatic rings. The number of rotatable bonds is 3. The molecule has 1 aromatic rings. The van der Waals surface area contributed by atoms with Crippen molar-refractivity contribution in [2.45, 2.75) is 31.2 Å². The average Bonchev–Trinajstić information content (AvgIpc) is 2.63. The maximum atomic E-state index is 12.7. The van der Waals surface area contributed by atoms with E-state index in [0.29, 0.717) is 6.04 Å². The van der Waals surface area contributed by atoms with Crippen LogP contribution in [0.1, 0.15) is 25.3 Å². The number of carbonyl (C=O) groups is 1. The van der Waals surface area contributed by atoms with Crippen LogP contribution in [0, 0.1) is 0 Å². The van der Waals surface area contributed by atoms with Gasteiger partial charge >= 0.3 is 6.03 Å². The van der Waals surface area contributed by atoms with Crippen molar-refractivity contribution in [2.75, 3.05) is 53.4 Å². The molecule has 5 heteroatoms. The standard InChI is InChI=1S/C20H32N4O/c1-20(17-8-5-4-6-9-17)10-7-11-24(16-20)19(25)21-14-18-15-22(2)12-13-23(18)3/h4-6,8-9,18H,7,10-16H2,1-3H3,(H,21,25). The molecule has 2 saturated heterocycles. The van der Waals surface area contributed by atoms with Gasteiger partial charge in [-0.3, -0.25) is 4.90 Å². The molecule has 0 saturated carbocycles. The molecule has 0 radical (unpaired) electrons. The minimum atomic E-state index is 0.0543. The summed E-state index contributed by atoms with van der Waals surface area (Å²) in [6.45, 7) is 7.83. The number of nitrogens with zero attached hydrogens (tertiary/aromatic N) is 3. The first-order valence-electron chi connectivity index (χ1n) is 9.45. The number of piperidine rings is 1. The summed E-state index contributed by atoms with van der Waals surface area (Å²) in [5, 5.41) is 3.18. The van der Waals surface area contributed by atoms with Gasteiger partial charge in [0.1, 0.15) is 0 Å². The van der Waals surface area contributed by atoms with E-state index in [2.05, 4.69) is 66.5 Å². The van der Waals surface area contributed by atoms with Crippen LogP contribution in [-0.2, 0) is 5.41 Å². The lowest BCUT2D eigenvalue weighted by Crippen LogP contribution is -2.56. The predicted octanol–water partition coefficient (Wildman–Crippen LogP) is 2.00. The van der Waals surface area contributed by atoms with Crippen molar-refractivity contribution in [3.63, 3.8) is 0 Å². The highest BCUT2D eigenvalue weighted by Crippen LogP contribution is 2.33. The van der Waals surface area contributed by atoms with Crippen molar-refractivity contribution in [3.05, 3.63) is 35.9 Å². The average molecular weight is 345 g/mol. The van der Waals surface area contributed by atoms with Crippen molar-refractivity contribution >= 4 is 6.03 Å². The van der Waals surface area contributed by atoms with E-state index in [0.717, 1.165) is 52.1 Å². The normalized spacial score (nSPS) is 28.8. The number of likely N-dealkylation sites (tertiary alicyclic amines) is 1. The second-order valence-electron chi connectivity index (χ2n) is 8.03. The molecule has 2 aliphatic heterocycles. The van der Waals surface area contributed by atoms with Crippen LogP contribution >= 0.6 is 0 Å². The van der Waals surface area contributed by atoms with Gasteiger partial charge in [0.05, 0.1) is 0 Å². The van der Waals surface area contributed by atoms with Gasteiger partial charge in [0.25, 0.3) is 0 Å². The maximum absolute atomic E-state index is 12.7. The van der Waals surface area contributed by atoms with Gasteiger partial charge in [0.2, 0.25) is 0 Å². The van der Waals surface area contributed by atoms with Crippen LogP contribution in [0.25, 0.3) is 0 Å². The zero-order valence-electron chi connectivity index (χ0n) is 15.9. The third-order valence-electron chi connectivity index (χ3n) is 5.92. The van der Waals surface area contributed by atoms with Crippen molar-refractivity contribution < 1.29 is 4.79 Å². The highest BCUT2D eigenvalue weighted by atomic mass is 16.2. The molecular formula is C20H32N4O. The Kier molecular flexibility index (Phi) is 5.64. The van der Waals surface area contributed by atoms with E-state index in [9.17, 15) is 4.79 Å². The van der Waals surface area contributed by atoms with Gasteiger partial charge in [-0.2, -0.15) is 0 Å². The van der Waals surface area contributed by atoms with Crippen molar-refractivity contribution in [1.82, 2.24) is 20.0 Å². The lowest BCUT2D eigenvalue weighted by Gasteiger charge is -2.42. The van der Waals surface area contributed by atoms with Gasteiger partial charge < -0.3 is 15.1 Å². The lowest BCUT2D eigenvalue weighted by molar-refractivity contribution is 0.109. The number of hydrogen-bond acceptors (Lipinski definition) is 3. The van der Waals surface area contributed by atoms with Crippen LogP contribution in [0.5, 0.6) is 0 Å². The Hall–Kier alpha value is -1.59. The van der Waals surface area contributed by atoms with Crippen molar-refractivity contribution in [3.8, 4) is 0 Å². The topological polar surface area (TPSA) is 38.8 Å². The zero-order chi connectivity index (χ0) is 17.9. The molecule has 2 atom stereocenters. The first-order valence-corrected chi connectivity index (χ1v) is 9.45. The number of amides is 2. The Balaban J connectivity index is 1.57. The van der Waals surface area contributed by atoms with Crippen LogP contribution in [0.3, 0.4) is 0 Å². The minimum absolute atomic E-state index is 0.0543. The molecule has 0 aliphatic carbocycles. The third-order valence-corrected chi connectivity index (χ3v) is 5.92. The number of benzene rings is 1. The zero-order valence-corrected chi connectivity index (χ0v) is 15.9. The summed E-state index contributed by atoms with van der Waals surface area (Å²) in [7, 11) is 4.30. The summed E-state index contributed by atoms with van der Waals surface area (Å²) in [6.07, 6.45) is 2.20. The number of hydrogen-bond donors (Lipinski definition) is 1. The molecule has 2 fully saturated rings. The fourth-order valence-corrected chi connectivity index (χ4v) is 4.13. The highest BCUT2D eigenvalue weighted by Gasteiger charge is 2.34. The van der Waals surface area contributed by atoms with E-state index in [1.54, 1.807) is 0 Å². The van der Waals surface area contributed by atoms with Crippen LogP contribution in [-0.4, -0.2) is 80.1 Å². The quantitative estimate of drug-likeness (QED) is 0.911. The largest absolute Gasteiger partial charge is 0.336 e. The molecule has 1 N–H and O–H groups in total. The monoisotopic (exact) mass is 344 g/mol. The van der Waals surface area contributed by atoms with Gasteiger partial charge in [-0.05, 0) is 32.5 Å². The van der Waals surface area contributed by atoms with Crippen LogP contribution in [0.4, 0.5) is 4.79 Å². The van der Waals surface area contributed by atoms with E-state index < -0.39 is 0 Å². The summed E-state index contributed by atoms with van der Waals surface area (Å²) < 4.78 is 0. The van der Waals surface area contributed by atoms with E-state index in [1.165, 1.54) is 5.56 Å². The molecule has 0 spiro atoms. The van der Waals surface area contributed by atoms with Gasteiger partial charge in [0.15, 0.2) is 0 Å². The van der Waals surface area contributed by atoms with Crippen LogP contribution < -0.4 is 5.32 Å². The fourth-order valence-electron chi connectivity index (χ4n) is 4.13. The molecule has 1 aromatic carbocycles. The molecule has 0 bridgehead atoms. The molecule has 3 rings (SSSR count). The van der Waals surface area contributed by atoms with E-state index in [1.807, 2.05) is 4.90 Å². The highest BCUT2D eigenvalue weighted by molar-refractivity contribution is 5.74. The number of piperazine rings is 1. The maximum Gasteiger partial charge on any atom is 0.317 e. The molecule has 0 aromatic heterocycles. The number of carbonyl (C=O) groups excluding carboxylic acids is 1. The van der Waals surface area contributed by atoms with Gasteiger partial charge in [-0.25, -0.2) is 4.79 Å². The van der Waals surface area contributed by atoms with E-state index in [4.69, 9.17) is 0 Å². The first-order chi connectivity index (χ1) is 12.0.